The van der Waals surface area contributed by atoms with E-state index in [1.165, 1.54) is 20.5 Å². The van der Waals surface area contributed by atoms with E-state index in [2.05, 4.69) is 0 Å². The van der Waals surface area contributed by atoms with Crippen LogP contribution in [0.25, 0.3) is 0 Å². The van der Waals surface area contributed by atoms with E-state index in [1.54, 1.807) is 20.8 Å². The van der Waals surface area contributed by atoms with Crippen molar-refractivity contribution in [3.8, 4) is 0 Å². The fourth-order valence-corrected chi connectivity index (χ4v) is 9.52. The van der Waals surface area contributed by atoms with Gasteiger partial charge in [0.2, 0.25) is 7.37 Å². The van der Waals surface area contributed by atoms with Crippen molar-refractivity contribution in [2.24, 2.45) is 0 Å². The Morgan fingerprint density at radius 1 is 1.03 bits per heavy atom. The second-order valence-corrected chi connectivity index (χ2v) is 14.7. The first-order valence-corrected chi connectivity index (χ1v) is 15.3. The average Bonchev–Trinajstić information content (AvgIpc) is 2.92. The molecule has 1 aliphatic heterocycles. The molecule has 0 aromatic heterocycles. The van der Waals surface area contributed by atoms with Gasteiger partial charge in [0.05, 0.1) is 29.1 Å². The Kier molecular flexibility index (Phi) is 10.5. The highest BCUT2D eigenvalue weighted by atomic mass is 31.2. The van der Waals surface area contributed by atoms with Gasteiger partial charge in [-0.2, -0.15) is 0 Å². The summed E-state index contributed by atoms with van der Waals surface area (Å²) in [6.45, 7) is 12.9. The minimum Gasteiger partial charge on any atom is -0.388 e. The molecule has 0 bridgehead atoms. The van der Waals surface area contributed by atoms with E-state index in [-0.39, 0.29) is 19.3 Å². The summed E-state index contributed by atoms with van der Waals surface area (Å²) in [5.41, 5.74) is -1.31. The molecule has 0 saturated carbocycles. The van der Waals surface area contributed by atoms with Crippen molar-refractivity contribution in [3.63, 3.8) is 0 Å². The Bertz CT molecular complexity index is 734. The van der Waals surface area contributed by atoms with Crippen molar-refractivity contribution in [2.75, 3.05) is 6.66 Å². The van der Waals surface area contributed by atoms with Crippen LogP contribution < -0.4 is 0 Å². The van der Waals surface area contributed by atoms with Crippen LogP contribution in [-0.4, -0.2) is 81.2 Å². The first kappa shape index (κ1) is 31.3. The van der Waals surface area contributed by atoms with E-state index < -0.39 is 61.5 Å². The SMILES string of the molecule is [B][C@@H]1OC(CC(C)OP(C)(=O)C(CC)(CC)C(CC)(CC)OP(=O)(O)C(C)(C)O)[C@@H](O)[C@H]1O. The number of ether oxygens (including phenoxy) is 1. The summed E-state index contributed by atoms with van der Waals surface area (Å²) in [5.74, 6) is 0. The number of aliphatic hydroxyl groups is 3. The fourth-order valence-electron chi connectivity index (χ4n) is 5.10. The molecule has 0 amide bonds. The Hall–Kier alpha value is 0.245. The van der Waals surface area contributed by atoms with Crippen molar-refractivity contribution >= 4 is 22.8 Å². The monoisotopic (exact) mass is 512 g/mol. The van der Waals surface area contributed by atoms with Crippen LogP contribution in [0, 0.1) is 0 Å². The maximum Gasteiger partial charge on any atom is 0.359 e. The zero-order valence-corrected chi connectivity index (χ0v) is 23.0. The van der Waals surface area contributed by atoms with E-state index in [4.69, 9.17) is 21.6 Å². The molecule has 194 valence electrons. The molecule has 0 aromatic carbocycles. The summed E-state index contributed by atoms with van der Waals surface area (Å²) in [5, 5.41) is 27.1. The van der Waals surface area contributed by atoms with Crippen LogP contribution in [0.3, 0.4) is 0 Å². The third-order valence-electron chi connectivity index (χ3n) is 7.27. The van der Waals surface area contributed by atoms with Gasteiger partial charge < -0.3 is 29.5 Å². The highest BCUT2D eigenvalue weighted by Crippen LogP contribution is 2.70. The summed E-state index contributed by atoms with van der Waals surface area (Å²) in [6.07, 6.45) is -2.48. The van der Waals surface area contributed by atoms with Gasteiger partial charge in [0.1, 0.15) is 14.0 Å². The number of hydrogen-bond acceptors (Lipinski definition) is 8. The fraction of sp³-hybridized carbons (Fsp3) is 1.00. The molecule has 12 heteroatoms. The topological polar surface area (TPSA) is 143 Å². The molecular formula is C21H43BO9P2. The maximum absolute atomic E-state index is 14.3. The van der Waals surface area contributed by atoms with Gasteiger partial charge in [-0.25, -0.2) is 0 Å². The van der Waals surface area contributed by atoms with Crippen LogP contribution in [0.5, 0.6) is 0 Å². The van der Waals surface area contributed by atoms with Crippen LogP contribution in [0.2, 0.25) is 0 Å². The van der Waals surface area contributed by atoms with Gasteiger partial charge in [-0.1, -0.05) is 27.7 Å². The molecule has 33 heavy (non-hydrogen) atoms. The zero-order valence-electron chi connectivity index (χ0n) is 21.2. The molecule has 0 aromatic rings. The lowest BCUT2D eigenvalue weighted by Crippen LogP contribution is -2.55. The van der Waals surface area contributed by atoms with E-state index in [0.29, 0.717) is 12.8 Å². The molecule has 1 saturated heterocycles. The van der Waals surface area contributed by atoms with Crippen LogP contribution in [-0.2, 0) is 22.9 Å². The molecular weight excluding hydrogens is 469 g/mol. The first-order chi connectivity index (χ1) is 14.9. The Morgan fingerprint density at radius 2 is 1.52 bits per heavy atom. The molecule has 2 radical (unpaired) electrons. The lowest BCUT2D eigenvalue weighted by atomic mass is 9.78. The van der Waals surface area contributed by atoms with Gasteiger partial charge in [-0.05, 0) is 46.5 Å². The molecule has 4 unspecified atom stereocenters. The van der Waals surface area contributed by atoms with Crippen LogP contribution in [0.4, 0.5) is 0 Å². The standard InChI is InChI=1S/C21H43BO9P2/c1-9-20(10-2,31-33(27,28)19(6,7)25)21(11-3,12-4)32(8,26)30-14(5)13-15-16(23)17(24)18(22)29-15/h14-18,23-25H,9-13H2,1-8H3,(H,27,28)/t14?,15?,16-,17-,18-,32?/m1/s1. The normalized spacial score (nSPS) is 29.5. The predicted octanol–water partition coefficient (Wildman–Crippen LogP) is 3.35. The van der Waals surface area contributed by atoms with Gasteiger partial charge in [-0.3, -0.25) is 13.7 Å². The van der Waals surface area contributed by atoms with Crippen LogP contribution in [0.15, 0.2) is 0 Å². The minimum atomic E-state index is -4.52. The average molecular weight is 512 g/mol. The zero-order chi connectivity index (χ0) is 26.0. The molecule has 1 rings (SSSR count). The summed E-state index contributed by atoms with van der Waals surface area (Å²) >= 11 is 0. The quantitative estimate of drug-likeness (QED) is 0.216. The van der Waals surface area contributed by atoms with Crippen molar-refractivity contribution in [1.82, 2.24) is 0 Å². The van der Waals surface area contributed by atoms with Gasteiger partial charge in [-0.15, -0.1) is 0 Å². The molecule has 9 nitrogen and oxygen atoms in total. The molecule has 7 atom stereocenters. The maximum atomic E-state index is 14.3. The third kappa shape index (κ3) is 5.98. The molecule has 1 heterocycles. The Labute approximate surface area is 200 Å². The lowest BCUT2D eigenvalue weighted by Gasteiger charge is -2.53. The second-order valence-electron chi connectivity index (χ2n) is 9.66. The van der Waals surface area contributed by atoms with Crippen LogP contribution in [0.1, 0.15) is 80.6 Å². The van der Waals surface area contributed by atoms with E-state index in [1.807, 2.05) is 13.8 Å². The first-order valence-electron chi connectivity index (χ1n) is 11.7. The van der Waals surface area contributed by atoms with E-state index >= 15 is 0 Å². The minimum absolute atomic E-state index is 0.140. The number of hydrogen-bond donors (Lipinski definition) is 4. The van der Waals surface area contributed by atoms with Gasteiger partial charge in [0, 0.05) is 19.1 Å². The summed E-state index contributed by atoms with van der Waals surface area (Å²) < 4.78 is 44.7. The number of aliphatic hydroxyl groups excluding tert-OH is 2. The Balaban J connectivity index is 3.34. The highest BCUT2D eigenvalue weighted by Gasteiger charge is 2.61. The predicted molar refractivity (Wildman–Crippen MR) is 129 cm³/mol. The number of rotatable bonds is 13. The molecule has 0 spiro atoms. The van der Waals surface area contributed by atoms with Crippen molar-refractivity contribution < 1.29 is 43.1 Å². The van der Waals surface area contributed by atoms with E-state index in [9.17, 15) is 29.3 Å². The molecule has 4 N–H and O–H groups in total. The van der Waals surface area contributed by atoms with E-state index in [0.717, 1.165) is 0 Å². The van der Waals surface area contributed by atoms with Gasteiger partial charge in [0.15, 0.2) is 5.34 Å². The largest absolute Gasteiger partial charge is 0.388 e. The Morgan fingerprint density at radius 3 is 1.85 bits per heavy atom. The summed E-state index contributed by atoms with van der Waals surface area (Å²) in [4.78, 5) is 10.6. The molecule has 1 fully saturated rings. The summed E-state index contributed by atoms with van der Waals surface area (Å²) in [6, 6.07) is -1.02. The smallest absolute Gasteiger partial charge is 0.359 e. The third-order valence-corrected chi connectivity index (χ3v) is 12.6. The van der Waals surface area contributed by atoms with Crippen molar-refractivity contribution in [1.29, 1.82) is 0 Å². The lowest BCUT2D eigenvalue weighted by molar-refractivity contribution is -0.0262. The van der Waals surface area contributed by atoms with Crippen molar-refractivity contribution in [2.45, 2.75) is 127 Å². The molecule has 1 aliphatic rings. The second kappa shape index (κ2) is 11.1. The van der Waals surface area contributed by atoms with Crippen molar-refractivity contribution in [3.05, 3.63) is 0 Å². The molecule has 0 aliphatic carbocycles. The van der Waals surface area contributed by atoms with Crippen LogP contribution >= 0.6 is 15.0 Å². The highest BCUT2D eigenvalue weighted by molar-refractivity contribution is 7.60. The summed E-state index contributed by atoms with van der Waals surface area (Å²) in [7, 11) is -2.43. The van der Waals surface area contributed by atoms with Gasteiger partial charge >= 0.3 is 7.60 Å². The van der Waals surface area contributed by atoms with Gasteiger partial charge in [0.25, 0.3) is 0 Å².